The molecule has 6 nitrogen and oxygen atoms in total. The van der Waals surface area contributed by atoms with E-state index in [1.165, 1.54) is 24.4 Å². The molecule has 0 radical (unpaired) electrons. The second-order valence-electron chi connectivity index (χ2n) is 4.14. The lowest BCUT2D eigenvalue weighted by atomic mass is 10.2. The molecule has 22 heavy (non-hydrogen) atoms. The van der Waals surface area contributed by atoms with Crippen LogP contribution in [0.15, 0.2) is 47.6 Å². The van der Waals surface area contributed by atoms with Crippen LogP contribution in [0.2, 0.25) is 10.0 Å². The van der Waals surface area contributed by atoms with Crippen molar-refractivity contribution >= 4 is 41.0 Å². The Morgan fingerprint density at radius 2 is 1.91 bits per heavy atom. The van der Waals surface area contributed by atoms with Crippen LogP contribution in [0.3, 0.4) is 0 Å². The van der Waals surface area contributed by atoms with Gasteiger partial charge in [0.05, 0.1) is 26.7 Å². The van der Waals surface area contributed by atoms with Gasteiger partial charge in [-0.25, -0.2) is 5.43 Å². The topological polar surface area (TPSA) is 84.6 Å². The van der Waals surface area contributed by atoms with E-state index in [9.17, 15) is 14.9 Å². The first-order valence-electron chi connectivity index (χ1n) is 6.01. The summed E-state index contributed by atoms with van der Waals surface area (Å²) >= 11 is 11.8. The van der Waals surface area contributed by atoms with Gasteiger partial charge in [0.2, 0.25) is 0 Å². The van der Waals surface area contributed by atoms with Crippen molar-refractivity contribution in [1.29, 1.82) is 0 Å². The average molecular weight is 338 g/mol. The fraction of sp³-hybridized carbons (Fsp3) is 0. The minimum absolute atomic E-state index is 0.123. The third-order valence-electron chi connectivity index (χ3n) is 2.68. The molecule has 112 valence electrons. The number of hydrogen-bond acceptors (Lipinski definition) is 4. The van der Waals surface area contributed by atoms with Crippen LogP contribution in [-0.4, -0.2) is 17.0 Å². The second kappa shape index (κ2) is 7.02. The number of amides is 1. The van der Waals surface area contributed by atoms with Crippen molar-refractivity contribution in [3.8, 4) is 0 Å². The predicted molar refractivity (Wildman–Crippen MR) is 84.6 cm³/mol. The van der Waals surface area contributed by atoms with E-state index in [0.29, 0.717) is 10.6 Å². The largest absolute Gasteiger partial charge is 0.272 e. The summed E-state index contributed by atoms with van der Waals surface area (Å²) in [5.74, 6) is -0.472. The second-order valence-corrected chi connectivity index (χ2v) is 4.96. The molecule has 0 spiro atoms. The number of carbonyl (C=O) groups is 1. The SMILES string of the molecule is O=C(N/N=C/c1ccc([N+](=O)[O-])cc1Cl)c1ccccc1Cl. The number of nitro benzene ring substituents is 1. The Hall–Kier alpha value is -2.44. The van der Waals surface area contributed by atoms with E-state index in [1.807, 2.05) is 0 Å². The van der Waals surface area contributed by atoms with Gasteiger partial charge in [-0.05, 0) is 18.2 Å². The summed E-state index contributed by atoms with van der Waals surface area (Å²) < 4.78 is 0. The molecule has 8 heteroatoms. The molecule has 0 aromatic heterocycles. The molecule has 2 aromatic rings. The number of non-ortho nitro benzene ring substituents is 1. The maximum absolute atomic E-state index is 11.9. The van der Waals surface area contributed by atoms with Gasteiger partial charge in [0, 0.05) is 17.7 Å². The lowest BCUT2D eigenvalue weighted by molar-refractivity contribution is -0.384. The van der Waals surface area contributed by atoms with E-state index in [4.69, 9.17) is 23.2 Å². The number of carbonyl (C=O) groups excluding carboxylic acids is 1. The lowest BCUT2D eigenvalue weighted by Crippen LogP contribution is -2.17. The third-order valence-corrected chi connectivity index (χ3v) is 3.34. The molecular formula is C14H9Cl2N3O3. The monoisotopic (exact) mass is 337 g/mol. The normalized spacial score (nSPS) is 10.6. The highest BCUT2D eigenvalue weighted by Gasteiger charge is 2.09. The zero-order chi connectivity index (χ0) is 16.1. The fourth-order valence-electron chi connectivity index (χ4n) is 1.60. The molecule has 0 saturated carbocycles. The van der Waals surface area contributed by atoms with Gasteiger partial charge in [-0.15, -0.1) is 0 Å². The Kier molecular flexibility index (Phi) is 5.08. The van der Waals surface area contributed by atoms with Gasteiger partial charge in [0.1, 0.15) is 0 Å². The molecular weight excluding hydrogens is 329 g/mol. The summed E-state index contributed by atoms with van der Waals surface area (Å²) in [4.78, 5) is 21.9. The fourth-order valence-corrected chi connectivity index (χ4v) is 2.05. The first kappa shape index (κ1) is 15.9. The number of nitro groups is 1. The number of rotatable bonds is 4. The Morgan fingerprint density at radius 1 is 1.18 bits per heavy atom. The summed E-state index contributed by atoms with van der Waals surface area (Å²) in [5.41, 5.74) is 2.91. The Labute approximate surface area is 135 Å². The molecule has 0 saturated heterocycles. The van der Waals surface area contributed by atoms with Crippen molar-refractivity contribution in [3.05, 3.63) is 73.8 Å². The van der Waals surface area contributed by atoms with Crippen LogP contribution in [0, 0.1) is 10.1 Å². The van der Waals surface area contributed by atoms with E-state index >= 15 is 0 Å². The van der Waals surface area contributed by atoms with Crippen LogP contribution in [0.25, 0.3) is 0 Å². The van der Waals surface area contributed by atoms with Crippen LogP contribution in [-0.2, 0) is 0 Å². The lowest BCUT2D eigenvalue weighted by Gasteiger charge is -2.02. The Bertz CT molecular complexity index is 763. The molecule has 0 heterocycles. The number of benzene rings is 2. The molecule has 0 aliphatic heterocycles. The Balaban J connectivity index is 2.08. The van der Waals surface area contributed by atoms with Gasteiger partial charge in [-0.2, -0.15) is 5.10 Å². The minimum atomic E-state index is -0.550. The first-order chi connectivity index (χ1) is 10.5. The minimum Gasteiger partial charge on any atom is -0.267 e. The number of nitrogens with one attached hydrogen (secondary N) is 1. The molecule has 1 N–H and O–H groups in total. The summed E-state index contributed by atoms with van der Waals surface area (Å²) in [5, 5.41) is 14.8. The number of hydrazone groups is 1. The third kappa shape index (κ3) is 3.81. The summed E-state index contributed by atoms with van der Waals surface area (Å²) in [6.45, 7) is 0. The van der Waals surface area contributed by atoms with Crippen LogP contribution >= 0.6 is 23.2 Å². The highest BCUT2D eigenvalue weighted by molar-refractivity contribution is 6.34. The van der Waals surface area contributed by atoms with Gasteiger partial charge in [0.15, 0.2) is 0 Å². The number of nitrogens with zero attached hydrogens (tertiary/aromatic N) is 2. The molecule has 1 amide bonds. The Morgan fingerprint density at radius 3 is 2.55 bits per heavy atom. The van der Waals surface area contributed by atoms with Crippen molar-refractivity contribution in [2.45, 2.75) is 0 Å². The van der Waals surface area contributed by atoms with E-state index in [-0.39, 0.29) is 16.3 Å². The zero-order valence-electron chi connectivity index (χ0n) is 11.0. The zero-order valence-corrected chi connectivity index (χ0v) is 12.5. The molecule has 0 unspecified atom stereocenters. The predicted octanol–water partition coefficient (Wildman–Crippen LogP) is 3.67. The van der Waals surface area contributed by atoms with Gasteiger partial charge >= 0.3 is 0 Å². The number of hydrogen-bond donors (Lipinski definition) is 1. The van der Waals surface area contributed by atoms with Gasteiger partial charge in [-0.1, -0.05) is 35.3 Å². The van der Waals surface area contributed by atoms with E-state index < -0.39 is 10.8 Å². The highest BCUT2D eigenvalue weighted by atomic mass is 35.5. The van der Waals surface area contributed by atoms with Crippen LogP contribution in [0.4, 0.5) is 5.69 Å². The van der Waals surface area contributed by atoms with E-state index in [1.54, 1.807) is 24.3 Å². The van der Waals surface area contributed by atoms with Gasteiger partial charge in [-0.3, -0.25) is 14.9 Å². The first-order valence-corrected chi connectivity index (χ1v) is 6.76. The van der Waals surface area contributed by atoms with Crippen LogP contribution < -0.4 is 5.43 Å². The average Bonchev–Trinajstić information content (AvgIpc) is 2.49. The molecule has 2 aromatic carbocycles. The molecule has 2 rings (SSSR count). The van der Waals surface area contributed by atoms with E-state index in [2.05, 4.69) is 10.5 Å². The van der Waals surface area contributed by atoms with Crippen molar-refractivity contribution in [2.75, 3.05) is 0 Å². The van der Waals surface area contributed by atoms with Crippen LogP contribution in [0.1, 0.15) is 15.9 Å². The van der Waals surface area contributed by atoms with Crippen molar-refractivity contribution in [2.24, 2.45) is 5.10 Å². The van der Waals surface area contributed by atoms with Crippen LogP contribution in [0.5, 0.6) is 0 Å². The molecule has 0 atom stereocenters. The summed E-state index contributed by atoms with van der Waals surface area (Å²) in [6, 6.07) is 10.5. The summed E-state index contributed by atoms with van der Waals surface area (Å²) in [7, 11) is 0. The van der Waals surface area contributed by atoms with Crippen molar-refractivity contribution < 1.29 is 9.72 Å². The van der Waals surface area contributed by atoms with Gasteiger partial charge in [0.25, 0.3) is 11.6 Å². The standard InChI is InChI=1S/C14H9Cl2N3O3/c15-12-4-2-1-3-11(12)14(20)18-17-8-9-5-6-10(19(21)22)7-13(9)16/h1-8H,(H,18,20)/b17-8+. The molecule has 0 aliphatic carbocycles. The van der Waals surface area contributed by atoms with Crippen molar-refractivity contribution in [1.82, 2.24) is 5.43 Å². The van der Waals surface area contributed by atoms with E-state index in [0.717, 1.165) is 0 Å². The quantitative estimate of drug-likeness (QED) is 0.524. The summed E-state index contributed by atoms with van der Waals surface area (Å²) in [6.07, 6.45) is 1.29. The molecule has 0 bridgehead atoms. The maximum atomic E-state index is 11.9. The van der Waals surface area contributed by atoms with Gasteiger partial charge < -0.3 is 0 Å². The smallest absolute Gasteiger partial charge is 0.267 e. The molecule has 0 aliphatic rings. The molecule has 0 fully saturated rings. The highest BCUT2D eigenvalue weighted by Crippen LogP contribution is 2.21. The van der Waals surface area contributed by atoms with Crippen molar-refractivity contribution in [3.63, 3.8) is 0 Å². The maximum Gasteiger partial charge on any atom is 0.272 e. The number of halogens is 2.